The molecule has 2 aromatic carbocycles. The predicted octanol–water partition coefficient (Wildman–Crippen LogP) is 4.92. The Bertz CT molecular complexity index is 1340. The third kappa shape index (κ3) is 4.20. The number of Topliss-reactive ketones (excluding diaryl/α,β-unsaturated/α-hetero) is 1. The summed E-state index contributed by atoms with van der Waals surface area (Å²) in [6, 6.07) is 9.32. The normalized spacial score (nSPS) is 27.9. The summed E-state index contributed by atoms with van der Waals surface area (Å²) < 4.78 is 0. The number of nitrogens with zero attached hydrogens (tertiary/aromatic N) is 3. The molecule has 2 aliphatic carbocycles. The van der Waals surface area contributed by atoms with Gasteiger partial charge < -0.3 is 0 Å². The van der Waals surface area contributed by atoms with Crippen molar-refractivity contribution in [2.45, 2.75) is 16.1 Å². The van der Waals surface area contributed by atoms with E-state index in [-0.39, 0.29) is 42.7 Å². The zero-order valence-electron chi connectivity index (χ0n) is 18.7. The Morgan fingerprint density at radius 3 is 2.16 bits per heavy atom. The summed E-state index contributed by atoms with van der Waals surface area (Å²) in [6.45, 7) is -0.742. The Hall–Kier alpha value is -2.34. The lowest BCUT2D eigenvalue weighted by atomic mass is 9.81. The molecule has 0 N–H and O–H groups in total. The molecule has 3 amide bonds. The first-order chi connectivity index (χ1) is 17.5. The van der Waals surface area contributed by atoms with E-state index in [1.165, 1.54) is 36.4 Å². The van der Waals surface area contributed by atoms with E-state index in [2.05, 4.69) is 31.9 Å². The number of amides is 3. The summed E-state index contributed by atoms with van der Waals surface area (Å²) in [4.78, 5) is 65.1. The van der Waals surface area contributed by atoms with Crippen LogP contribution in [0.5, 0.6) is 0 Å². The fourth-order valence-electron chi connectivity index (χ4n) is 5.69. The molecule has 3 aliphatic rings. The molecule has 9 nitrogen and oxygen atoms in total. The van der Waals surface area contributed by atoms with Crippen LogP contribution in [0.25, 0.3) is 0 Å². The molecule has 192 valence electrons. The number of hydrazine groups is 1. The largest absolute Gasteiger partial charge is 0.292 e. The minimum absolute atomic E-state index is 0.0202. The molecule has 0 radical (unpaired) electrons. The highest BCUT2D eigenvalue weighted by Crippen LogP contribution is 2.60. The number of halogens is 4. The van der Waals surface area contributed by atoms with Gasteiger partial charge in [0.05, 0.1) is 21.8 Å². The number of carbonyl (C=O) groups excluding carboxylic acids is 4. The van der Waals surface area contributed by atoms with E-state index in [1.54, 1.807) is 0 Å². The van der Waals surface area contributed by atoms with Crippen LogP contribution in [0, 0.1) is 33.8 Å². The number of hydrogen-bond donors (Lipinski definition) is 0. The van der Waals surface area contributed by atoms with E-state index in [0.717, 1.165) is 6.07 Å². The molecule has 2 saturated carbocycles. The van der Waals surface area contributed by atoms with Gasteiger partial charge in [0, 0.05) is 26.3 Å². The maximum absolute atomic E-state index is 13.7. The van der Waals surface area contributed by atoms with E-state index in [0.29, 0.717) is 16.4 Å². The number of alkyl halides is 2. The zero-order chi connectivity index (χ0) is 26.8. The van der Waals surface area contributed by atoms with Crippen molar-refractivity contribution in [1.82, 2.24) is 10.0 Å². The number of carbonyl (C=O) groups is 4. The molecule has 5 rings (SSSR count). The maximum atomic E-state index is 13.7. The topological polar surface area (TPSA) is 118 Å². The average molecular weight is 674 g/mol. The van der Waals surface area contributed by atoms with Gasteiger partial charge in [0.15, 0.2) is 5.78 Å². The Balaban J connectivity index is 1.56. The smallest absolute Gasteiger partial charge is 0.282 e. The van der Waals surface area contributed by atoms with Crippen molar-refractivity contribution in [2.75, 3.05) is 6.54 Å². The zero-order valence-corrected chi connectivity index (χ0v) is 23.4. The van der Waals surface area contributed by atoms with Crippen molar-refractivity contribution in [1.29, 1.82) is 0 Å². The number of rotatable bonds is 6. The van der Waals surface area contributed by atoms with Gasteiger partial charge in [-0.05, 0) is 42.5 Å². The van der Waals surface area contributed by atoms with E-state index in [1.807, 2.05) is 0 Å². The average Bonchev–Trinajstić information content (AvgIpc) is 3.47. The van der Waals surface area contributed by atoms with Gasteiger partial charge in [-0.1, -0.05) is 67.2 Å². The second-order valence-corrected chi connectivity index (χ2v) is 12.1. The van der Waals surface area contributed by atoms with Crippen molar-refractivity contribution in [2.24, 2.45) is 23.7 Å². The third-order valence-electron chi connectivity index (χ3n) is 7.30. The first kappa shape index (κ1) is 26.3. The molecule has 0 unspecified atom stereocenters. The standard InChI is InChI=1S/C24H17Br2Cl2N3O6/c25-20-13-8-14(21(20)26)19-18(13)23(34)30(24(19)35)29(9-17(32)11-6-5-10(27)7-15(11)28)22(33)12-3-1-2-4-16(12)31(36)37/h1-7,13-14,18-21H,8-9H2/t13-,14-,18-,19-,20+,21+/m1/s1. The molecule has 2 bridgehead atoms. The Morgan fingerprint density at radius 2 is 1.59 bits per heavy atom. The summed E-state index contributed by atoms with van der Waals surface area (Å²) in [7, 11) is 0. The molecule has 0 spiro atoms. The minimum Gasteiger partial charge on any atom is -0.292 e. The summed E-state index contributed by atoms with van der Waals surface area (Å²) in [5, 5.41) is 13.4. The fraction of sp³-hybridized carbons (Fsp3) is 0.333. The van der Waals surface area contributed by atoms with Crippen LogP contribution >= 0.6 is 55.1 Å². The molecular formula is C24H17Br2Cl2N3O6. The Labute approximate surface area is 237 Å². The van der Waals surface area contributed by atoms with Gasteiger partial charge >= 0.3 is 0 Å². The van der Waals surface area contributed by atoms with Crippen molar-refractivity contribution in [3.8, 4) is 0 Å². The lowest BCUT2D eigenvalue weighted by molar-refractivity contribution is -0.385. The first-order valence-corrected chi connectivity index (χ1v) is 13.8. The SMILES string of the molecule is O=C(CN(C(=O)c1ccccc1[N+](=O)[O-])N1C(=O)[C@@H]2[C@H]3C[C@@H]([C@H](Br)[C@H]3Br)[C@H]2C1=O)c1ccc(Cl)cc1Cl. The van der Waals surface area contributed by atoms with Crippen molar-refractivity contribution < 1.29 is 24.1 Å². The van der Waals surface area contributed by atoms with Crippen LogP contribution in [0.1, 0.15) is 27.1 Å². The molecule has 0 aromatic heterocycles. The number of hydrogen-bond acceptors (Lipinski definition) is 6. The molecule has 3 fully saturated rings. The number of para-hydroxylation sites is 1. The quantitative estimate of drug-likeness (QED) is 0.141. The number of imide groups is 1. The lowest BCUT2D eigenvalue weighted by Gasteiger charge is -2.30. The van der Waals surface area contributed by atoms with Crippen LogP contribution in [-0.2, 0) is 9.59 Å². The number of benzene rings is 2. The third-order valence-corrected chi connectivity index (χ3v) is 11.1. The van der Waals surface area contributed by atoms with E-state index in [4.69, 9.17) is 23.2 Å². The van der Waals surface area contributed by atoms with E-state index in [9.17, 15) is 29.3 Å². The summed E-state index contributed by atoms with van der Waals surface area (Å²) in [5.41, 5.74) is -0.860. The van der Waals surface area contributed by atoms with Crippen LogP contribution in [0.15, 0.2) is 42.5 Å². The molecule has 1 saturated heterocycles. The van der Waals surface area contributed by atoms with Crippen molar-refractivity contribution in [3.63, 3.8) is 0 Å². The van der Waals surface area contributed by atoms with Gasteiger partial charge in [0.25, 0.3) is 23.4 Å². The second-order valence-electron chi connectivity index (χ2n) is 9.18. The fourth-order valence-corrected chi connectivity index (χ4v) is 8.08. The maximum Gasteiger partial charge on any atom is 0.282 e. The van der Waals surface area contributed by atoms with Crippen LogP contribution in [-0.4, -0.2) is 54.6 Å². The highest BCUT2D eigenvalue weighted by Gasteiger charge is 2.67. The summed E-state index contributed by atoms with van der Waals surface area (Å²) in [5.74, 6) is -4.49. The molecule has 1 aliphatic heterocycles. The number of ketones is 1. The first-order valence-electron chi connectivity index (χ1n) is 11.2. The lowest BCUT2D eigenvalue weighted by Crippen LogP contribution is -2.53. The summed E-state index contributed by atoms with van der Waals surface area (Å²) >= 11 is 19.3. The van der Waals surface area contributed by atoms with Crippen LogP contribution in [0.2, 0.25) is 10.0 Å². The number of fused-ring (bicyclic) bond motifs is 5. The van der Waals surface area contributed by atoms with Gasteiger partial charge in [-0.2, -0.15) is 5.01 Å². The van der Waals surface area contributed by atoms with Crippen LogP contribution in [0.3, 0.4) is 0 Å². The Morgan fingerprint density at radius 1 is 1.00 bits per heavy atom. The monoisotopic (exact) mass is 671 g/mol. The van der Waals surface area contributed by atoms with Crippen molar-refractivity contribution in [3.05, 3.63) is 73.8 Å². The van der Waals surface area contributed by atoms with E-state index >= 15 is 0 Å². The summed E-state index contributed by atoms with van der Waals surface area (Å²) in [6.07, 6.45) is 0.671. The molecule has 13 heteroatoms. The molecular weight excluding hydrogens is 657 g/mol. The second kappa shape index (κ2) is 9.76. The number of nitro groups is 1. The highest BCUT2D eigenvalue weighted by atomic mass is 79.9. The molecule has 1 heterocycles. The van der Waals surface area contributed by atoms with Gasteiger partial charge in [-0.3, -0.25) is 29.3 Å². The number of nitro benzene ring substituents is 1. The highest BCUT2D eigenvalue weighted by molar-refractivity contribution is 9.12. The van der Waals surface area contributed by atoms with E-state index < -0.39 is 52.5 Å². The van der Waals surface area contributed by atoms with Crippen LogP contribution < -0.4 is 0 Å². The van der Waals surface area contributed by atoms with Crippen molar-refractivity contribution >= 4 is 84.3 Å². The Kier molecular flexibility index (Phi) is 6.93. The molecule has 2 aromatic rings. The van der Waals surface area contributed by atoms with Gasteiger partial charge in [-0.25, -0.2) is 5.01 Å². The van der Waals surface area contributed by atoms with Gasteiger partial charge in [-0.15, -0.1) is 0 Å². The molecule has 37 heavy (non-hydrogen) atoms. The predicted molar refractivity (Wildman–Crippen MR) is 141 cm³/mol. The van der Waals surface area contributed by atoms with Gasteiger partial charge in [0.1, 0.15) is 12.1 Å². The van der Waals surface area contributed by atoms with Crippen LogP contribution in [0.4, 0.5) is 5.69 Å². The minimum atomic E-state index is -1.02. The van der Waals surface area contributed by atoms with Gasteiger partial charge in [0.2, 0.25) is 0 Å². The molecule has 6 atom stereocenters.